The van der Waals surface area contributed by atoms with Crippen molar-refractivity contribution in [3.8, 4) is 5.19 Å². The molecule has 0 bridgehead atoms. The lowest BCUT2D eigenvalue weighted by Gasteiger charge is -2.15. The van der Waals surface area contributed by atoms with E-state index in [0.29, 0.717) is 26.5 Å². The van der Waals surface area contributed by atoms with Gasteiger partial charge in [0.1, 0.15) is 4.70 Å². The summed E-state index contributed by atoms with van der Waals surface area (Å²) in [5.41, 5.74) is 0.591. The van der Waals surface area contributed by atoms with E-state index in [9.17, 15) is 13.6 Å². The summed E-state index contributed by atoms with van der Waals surface area (Å²) in [5, 5.41) is 14.9. The number of methoxy groups -OCH3 is 1. The highest BCUT2D eigenvalue weighted by molar-refractivity contribution is 7.98. The van der Waals surface area contributed by atoms with E-state index >= 15 is 0 Å². The van der Waals surface area contributed by atoms with Gasteiger partial charge in [-0.25, -0.2) is 23.5 Å². The number of nitrogens with zero attached hydrogens (tertiary/aromatic N) is 3. The van der Waals surface area contributed by atoms with E-state index in [1.54, 1.807) is 6.92 Å². The Balaban J connectivity index is 1.85. The molecule has 0 spiro atoms. The van der Waals surface area contributed by atoms with Crippen LogP contribution in [0.4, 0.5) is 19.4 Å². The first-order chi connectivity index (χ1) is 13.9. The Hall–Kier alpha value is -2.73. The average molecular weight is 441 g/mol. The van der Waals surface area contributed by atoms with Crippen LogP contribution < -0.4 is 15.4 Å². The molecule has 2 heterocycles. The Bertz CT molecular complexity index is 1030. The predicted molar refractivity (Wildman–Crippen MR) is 107 cm³/mol. The number of benzene rings is 1. The normalized spacial score (nSPS) is 12.0. The minimum Gasteiger partial charge on any atom is -0.473 e. The van der Waals surface area contributed by atoms with Gasteiger partial charge in [-0.3, -0.25) is 0 Å². The third kappa shape index (κ3) is 5.21. The summed E-state index contributed by atoms with van der Waals surface area (Å²) in [6.07, 6.45) is -1.13. The minimum absolute atomic E-state index is 0.131. The highest BCUT2D eigenvalue weighted by Crippen LogP contribution is 2.34. The van der Waals surface area contributed by atoms with Gasteiger partial charge in [0.05, 0.1) is 7.11 Å². The number of ether oxygens (including phenoxy) is 1. The predicted octanol–water partition coefficient (Wildman–Crippen LogP) is 3.73. The first-order valence-corrected chi connectivity index (χ1v) is 10.2. The highest BCUT2D eigenvalue weighted by Gasteiger charge is 2.17. The van der Waals surface area contributed by atoms with Crippen LogP contribution in [0.3, 0.4) is 0 Å². The lowest BCUT2D eigenvalue weighted by Crippen LogP contribution is -2.33. The molecule has 0 aliphatic rings. The van der Waals surface area contributed by atoms with Gasteiger partial charge in [0.15, 0.2) is 28.3 Å². The van der Waals surface area contributed by atoms with Gasteiger partial charge in [0.25, 0.3) is 5.19 Å². The van der Waals surface area contributed by atoms with E-state index in [4.69, 9.17) is 9.84 Å². The smallest absolute Gasteiger partial charge is 0.404 e. The molecule has 0 saturated carbocycles. The molecule has 1 amide bonds. The summed E-state index contributed by atoms with van der Waals surface area (Å²) < 4.78 is 33.1. The highest BCUT2D eigenvalue weighted by atomic mass is 32.2. The minimum atomic E-state index is -1.13. The monoisotopic (exact) mass is 441 g/mol. The van der Waals surface area contributed by atoms with Gasteiger partial charge in [-0.1, -0.05) is 35.2 Å². The van der Waals surface area contributed by atoms with Gasteiger partial charge in [0.2, 0.25) is 0 Å². The Morgan fingerprint density at radius 2 is 2.14 bits per heavy atom. The molecule has 29 heavy (non-hydrogen) atoms. The van der Waals surface area contributed by atoms with Crippen molar-refractivity contribution in [2.75, 3.05) is 19.0 Å². The number of halogens is 2. The molecule has 0 radical (unpaired) electrons. The molecule has 2 aromatic heterocycles. The van der Waals surface area contributed by atoms with E-state index in [2.05, 4.69) is 25.6 Å². The lowest BCUT2D eigenvalue weighted by molar-refractivity contribution is 0.194. The van der Waals surface area contributed by atoms with E-state index in [0.717, 1.165) is 17.8 Å². The van der Waals surface area contributed by atoms with Crippen molar-refractivity contribution in [3.05, 3.63) is 35.4 Å². The van der Waals surface area contributed by atoms with E-state index in [-0.39, 0.29) is 23.9 Å². The van der Waals surface area contributed by atoms with Crippen LogP contribution in [-0.2, 0) is 5.75 Å². The van der Waals surface area contributed by atoms with Crippen molar-refractivity contribution in [2.24, 2.45) is 0 Å². The Labute approximate surface area is 172 Å². The Morgan fingerprint density at radius 1 is 1.34 bits per heavy atom. The number of rotatable bonds is 8. The SMILES string of the molecule is COc1nc2nc(SCc3cccc(F)c3F)nc(N[C@H](C)CNC(=O)O)c2s1. The van der Waals surface area contributed by atoms with E-state index in [1.165, 1.54) is 30.6 Å². The van der Waals surface area contributed by atoms with E-state index < -0.39 is 17.7 Å². The molecular formula is C17H17F2N5O3S2. The number of anilines is 1. The van der Waals surface area contributed by atoms with Gasteiger partial charge in [0, 0.05) is 23.9 Å². The maximum absolute atomic E-state index is 13.9. The standard InChI is InChI=1S/C17H17F2N5O3S2/c1-8(6-20-16(25)26)21-13-12-14(24-17(27-2)29-12)23-15(22-13)28-7-9-4-3-5-10(18)11(9)19/h3-5,8,20H,6-7H2,1-2H3,(H,25,26)(H,21,22,23)/t8-/m1/s1. The van der Waals surface area contributed by atoms with Crippen molar-refractivity contribution < 1.29 is 23.4 Å². The van der Waals surface area contributed by atoms with Crippen molar-refractivity contribution >= 4 is 45.4 Å². The van der Waals surface area contributed by atoms with E-state index in [1.807, 2.05) is 0 Å². The van der Waals surface area contributed by atoms with Crippen LogP contribution in [-0.4, -0.2) is 45.8 Å². The maximum Gasteiger partial charge on any atom is 0.404 e. The maximum atomic E-state index is 13.9. The second-order valence-electron chi connectivity index (χ2n) is 5.92. The fourth-order valence-corrected chi connectivity index (χ4v) is 3.95. The van der Waals surface area contributed by atoms with Crippen molar-refractivity contribution in [3.63, 3.8) is 0 Å². The fraction of sp³-hybridized carbons (Fsp3) is 0.294. The average Bonchev–Trinajstić information content (AvgIpc) is 3.11. The number of thiazole rings is 1. The number of carboxylic acid groups (broad SMARTS) is 1. The van der Waals surface area contributed by atoms with Gasteiger partial charge in [-0.2, -0.15) is 4.98 Å². The topological polar surface area (TPSA) is 109 Å². The zero-order chi connectivity index (χ0) is 21.0. The first-order valence-electron chi connectivity index (χ1n) is 8.39. The number of carbonyl (C=O) groups is 1. The zero-order valence-electron chi connectivity index (χ0n) is 15.4. The van der Waals surface area contributed by atoms with Gasteiger partial charge in [-0.15, -0.1) is 0 Å². The third-order valence-electron chi connectivity index (χ3n) is 3.72. The third-order valence-corrected chi connectivity index (χ3v) is 5.63. The number of thioether (sulfide) groups is 1. The van der Waals surface area contributed by atoms with Crippen LogP contribution >= 0.6 is 23.1 Å². The van der Waals surface area contributed by atoms with Crippen LogP contribution in [0.1, 0.15) is 12.5 Å². The summed E-state index contributed by atoms with van der Waals surface area (Å²) in [7, 11) is 1.49. The van der Waals surface area contributed by atoms with Gasteiger partial charge < -0.3 is 20.5 Å². The molecule has 154 valence electrons. The fourth-order valence-electron chi connectivity index (χ4n) is 2.36. The Kier molecular flexibility index (Phi) is 6.64. The molecular weight excluding hydrogens is 424 g/mol. The summed E-state index contributed by atoms with van der Waals surface area (Å²) in [5.74, 6) is -1.22. The molecule has 0 aliphatic carbocycles. The quantitative estimate of drug-likeness (QED) is 0.358. The summed E-state index contributed by atoms with van der Waals surface area (Å²) >= 11 is 2.37. The van der Waals surface area contributed by atoms with Crippen molar-refractivity contribution in [2.45, 2.75) is 23.9 Å². The van der Waals surface area contributed by atoms with Crippen LogP contribution in [0, 0.1) is 11.6 Å². The molecule has 3 N–H and O–H groups in total. The molecule has 3 aromatic rings. The number of fused-ring (bicyclic) bond motifs is 1. The zero-order valence-corrected chi connectivity index (χ0v) is 17.0. The molecule has 0 aliphatic heterocycles. The molecule has 0 unspecified atom stereocenters. The largest absolute Gasteiger partial charge is 0.473 e. The molecule has 12 heteroatoms. The van der Waals surface area contributed by atoms with Crippen molar-refractivity contribution in [1.29, 1.82) is 0 Å². The molecule has 1 aromatic carbocycles. The molecule has 0 saturated heterocycles. The molecule has 3 rings (SSSR count). The number of hydrogen-bond acceptors (Lipinski definition) is 8. The second-order valence-corrected chi connectivity index (χ2v) is 7.83. The number of hydrogen-bond donors (Lipinski definition) is 3. The van der Waals surface area contributed by atoms with Gasteiger partial charge in [-0.05, 0) is 13.0 Å². The van der Waals surface area contributed by atoms with Crippen LogP contribution in [0.25, 0.3) is 10.3 Å². The summed E-state index contributed by atoms with van der Waals surface area (Å²) in [6, 6.07) is 3.72. The summed E-state index contributed by atoms with van der Waals surface area (Å²) in [4.78, 5) is 23.8. The first kappa shape index (κ1) is 21.0. The van der Waals surface area contributed by atoms with Gasteiger partial charge >= 0.3 is 6.09 Å². The van der Waals surface area contributed by atoms with Crippen LogP contribution in [0.15, 0.2) is 23.4 Å². The Morgan fingerprint density at radius 3 is 2.86 bits per heavy atom. The summed E-state index contributed by atoms with van der Waals surface area (Å²) in [6.45, 7) is 1.95. The number of nitrogens with one attached hydrogen (secondary N) is 2. The molecule has 8 nitrogen and oxygen atoms in total. The number of aromatic nitrogens is 3. The lowest BCUT2D eigenvalue weighted by atomic mass is 10.2. The number of amides is 1. The van der Waals surface area contributed by atoms with Crippen LogP contribution in [0.2, 0.25) is 0 Å². The molecule has 1 atom stereocenters. The van der Waals surface area contributed by atoms with Crippen LogP contribution in [0.5, 0.6) is 5.19 Å². The second kappa shape index (κ2) is 9.18. The van der Waals surface area contributed by atoms with Crippen molar-refractivity contribution in [1.82, 2.24) is 20.3 Å². The molecule has 0 fully saturated rings.